The first kappa shape index (κ1) is 14.3. The van der Waals surface area contributed by atoms with Gasteiger partial charge in [-0.3, -0.25) is 0 Å². The van der Waals surface area contributed by atoms with Gasteiger partial charge in [-0.15, -0.1) is 11.6 Å². The molecule has 1 saturated carbocycles. The van der Waals surface area contributed by atoms with Crippen molar-refractivity contribution in [1.82, 2.24) is 5.32 Å². The highest BCUT2D eigenvalue weighted by Gasteiger charge is 2.20. The van der Waals surface area contributed by atoms with E-state index in [0.29, 0.717) is 17.3 Å². The molecule has 0 aromatic heterocycles. The SMILES string of the molecule is CC(C)COCCNC1CCCCCC1Cl. The largest absolute Gasteiger partial charge is 0.380 e. The van der Waals surface area contributed by atoms with E-state index in [0.717, 1.165) is 26.2 Å². The lowest BCUT2D eigenvalue weighted by atomic mass is 10.1. The van der Waals surface area contributed by atoms with Crippen LogP contribution in [-0.4, -0.2) is 31.2 Å². The Bertz CT molecular complexity index is 175. The lowest BCUT2D eigenvalue weighted by Gasteiger charge is -2.21. The van der Waals surface area contributed by atoms with Gasteiger partial charge in [-0.1, -0.05) is 33.1 Å². The Morgan fingerprint density at radius 2 is 2.00 bits per heavy atom. The molecule has 2 nitrogen and oxygen atoms in total. The summed E-state index contributed by atoms with van der Waals surface area (Å²) in [5.74, 6) is 0.624. The van der Waals surface area contributed by atoms with Crippen molar-refractivity contribution in [1.29, 1.82) is 0 Å². The van der Waals surface area contributed by atoms with Gasteiger partial charge in [0.1, 0.15) is 0 Å². The third-order valence-electron chi connectivity index (χ3n) is 3.04. The molecule has 1 aliphatic rings. The fourth-order valence-corrected chi connectivity index (χ4v) is 2.50. The number of hydrogen-bond donors (Lipinski definition) is 1. The molecule has 0 aromatic rings. The summed E-state index contributed by atoms with van der Waals surface area (Å²) < 4.78 is 5.55. The first-order chi connectivity index (χ1) is 7.70. The van der Waals surface area contributed by atoms with Crippen molar-refractivity contribution in [3.05, 3.63) is 0 Å². The molecule has 96 valence electrons. The van der Waals surface area contributed by atoms with Gasteiger partial charge in [-0.05, 0) is 18.8 Å². The third kappa shape index (κ3) is 6.07. The lowest BCUT2D eigenvalue weighted by molar-refractivity contribution is 0.109. The maximum absolute atomic E-state index is 6.35. The van der Waals surface area contributed by atoms with E-state index in [1.807, 2.05) is 0 Å². The summed E-state index contributed by atoms with van der Waals surface area (Å²) in [6, 6.07) is 0.492. The normalized spacial score (nSPS) is 27.0. The van der Waals surface area contributed by atoms with Crippen molar-refractivity contribution in [3.8, 4) is 0 Å². The summed E-state index contributed by atoms with van der Waals surface area (Å²) in [4.78, 5) is 0. The zero-order valence-corrected chi connectivity index (χ0v) is 11.4. The Morgan fingerprint density at radius 3 is 2.75 bits per heavy atom. The van der Waals surface area contributed by atoms with E-state index >= 15 is 0 Å². The van der Waals surface area contributed by atoms with Gasteiger partial charge < -0.3 is 10.1 Å². The second-order valence-corrected chi connectivity index (χ2v) is 5.74. The van der Waals surface area contributed by atoms with Crippen molar-refractivity contribution >= 4 is 11.6 Å². The van der Waals surface area contributed by atoms with Gasteiger partial charge in [0.15, 0.2) is 0 Å². The Labute approximate surface area is 105 Å². The standard InChI is InChI=1S/C13H26ClNO/c1-11(2)10-16-9-8-15-13-7-5-3-4-6-12(13)14/h11-13,15H,3-10H2,1-2H3. The molecule has 0 bridgehead atoms. The number of halogens is 1. The Balaban J connectivity index is 2.06. The molecular formula is C13H26ClNO. The first-order valence-electron chi connectivity index (χ1n) is 6.65. The highest BCUT2D eigenvalue weighted by Crippen LogP contribution is 2.22. The zero-order valence-electron chi connectivity index (χ0n) is 10.7. The van der Waals surface area contributed by atoms with E-state index in [9.17, 15) is 0 Å². The minimum absolute atomic E-state index is 0.313. The van der Waals surface area contributed by atoms with Gasteiger partial charge in [-0.25, -0.2) is 0 Å². The van der Waals surface area contributed by atoms with Crippen LogP contribution in [0, 0.1) is 5.92 Å². The minimum atomic E-state index is 0.313. The fraction of sp³-hybridized carbons (Fsp3) is 1.00. The monoisotopic (exact) mass is 247 g/mol. The van der Waals surface area contributed by atoms with Gasteiger partial charge in [-0.2, -0.15) is 0 Å². The van der Waals surface area contributed by atoms with Crippen LogP contribution >= 0.6 is 11.6 Å². The fourth-order valence-electron chi connectivity index (χ4n) is 2.13. The molecule has 0 saturated heterocycles. The van der Waals surface area contributed by atoms with Crippen LogP contribution in [0.5, 0.6) is 0 Å². The summed E-state index contributed by atoms with van der Waals surface area (Å²) in [5, 5.41) is 3.84. The summed E-state index contributed by atoms with van der Waals surface area (Å²) >= 11 is 6.35. The molecule has 0 radical (unpaired) electrons. The zero-order chi connectivity index (χ0) is 11.8. The van der Waals surface area contributed by atoms with Crippen molar-refractivity contribution in [2.45, 2.75) is 57.4 Å². The molecule has 0 aromatic carbocycles. The van der Waals surface area contributed by atoms with Gasteiger partial charge in [0.2, 0.25) is 0 Å². The summed E-state index contributed by atoms with van der Waals surface area (Å²) in [7, 11) is 0. The molecule has 1 aliphatic carbocycles. The number of hydrogen-bond acceptors (Lipinski definition) is 2. The molecule has 0 spiro atoms. The van der Waals surface area contributed by atoms with E-state index in [1.54, 1.807) is 0 Å². The van der Waals surface area contributed by atoms with Crippen molar-refractivity contribution in [3.63, 3.8) is 0 Å². The van der Waals surface area contributed by atoms with E-state index in [4.69, 9.17) is 16.3 Å². The highest BCUT2D eigenvalue weighted by atomic mass is 35.5. The molecule has 1 N–H and O–H groups in total. The average molecular weight is 248 g/mol. The molecule has 0 aliphatic heterocycles. The van der Waals surface area contributed by atoms with E-state index in [2.05, 4.69) is 19.2 Å². The smallest absolute Gasteiger partial charge is 0.0591 e. The Kier molecular flexibility index (Phi) is 7.42. The topological polar surface area (TPSA) is 21.3 Å². The molecule has 16 heavy (non-hydrogen) atoms. The summed E-state index contributed by atoms with van der Waals surface area (Å²) in [5.41, 5.74) is 0. The van der Waals surface area contributed by atoms with E-state index in [-0.39, 0.29) is 0 Å². The van der Waals surface area contributed by atoms with Gasteiger partial charge in [0, 0.05) is 24.6 Å². The molecular weight excluding hydrogens is 222 g/mol. The van der Waals surface area contributed by atoms with Crippen molar-refractivity contribution < 1.29 is 4.74 Å². The van der Waals surface area contributed by atoms with Crippen LogP contribution in [-0.2, 0) is 4.74 Å². The van der Waals surface area contributed by atoms with Crippen LogP contribution in [0.3, 0.4) is 0 Å². The first-order valence-corrected chi connectivity index (χ1v) is 7.09. The van der Waals surface area contributed by atoms with Crippen LogP contribution in [0.2, 0.25) is 0 Å². The molecule has 0 amide bonds. The summed E-state index contributed by atoms with van der Waals surface area (Å²) in [6.45, 7) is 6.94. The van der Waals surface area contributed by atoms with Crippen molar-refractivity contribution in [2.24, 2.45) is 5.92 Å². The Hall–Kier alpha value is 0.210. The summed E-state index contributed by atoms with van der Waals surface area (Å²) in [6.07, 6.45) is 6.32. The van der Waals surface area contributed by atoms with E-state index < -0.39 is 0 Å². The van der Waals surface area contributed by atoms with Gasteiger partial charge >= 0.3 is 0 Å². The van der Waals surface area contributed by atoms with Crippen LogP contribution in [0.25, 0.3) is 0 Å². The molecule has 2 unspecified atom stereocenters. The third-order valence-corrected chi connectivity index (χ3v) is 3.56. The maximum Gasteiger partial charge on any atom is 0.0591 e. The minimum Gasteiger partial charge on any atom is -0.380 e. The van der Waals surface area contributed by atoms with Gasteiger partial charge in [0.05, 0.1) is 6.61 Å². The number of rotatable bonds is 6. The molecule has 3 heteroatoms. The quantitative estimate of drug-likeness (QED) is 0.442. The second kappa shape index (κ2) is 8.32. The molecule has 1 rings (SSSR count). The number of nitrogens with one attached hydrogen (secondary N) is 1. The Morgan fingerprint density at radius 1 is 1.25 bits per heavy atom. The number of ether oxygens (including phenoxy) is 1. The lowest BCUT2D eigenvalue weighted by Crippen LogP contribution is -2.38. The van der Waals surface area contributed by atoms with Crippen LogP contribution in [0.4, 0.5) is 0 Å². The predicted molar refractivity (Wildman–Crippen MR) is 70.2 cm³/mol. The maximum atomic E-state index is 6.35. The van der Waals surface area contributed by atoms with Crippen LogP contribution in [0.15, 0.2) is 0 Å². The van der Waals surface area contributed by atoms with Crippen LogP contribution in [0.1, 0.15) is 46.0 Å². The van der Waals surface area contributed by atoms with Crippen LogP contribution < -0.4 is 5.32 Å². The predicted octanol–water partition coefficient (Wildman–Crippen LogP) is 3.19. The molecule has 2 atom stereocenters. The molecule has 0 heterocycles. The average Bonchev–Trinajstić information content (AvgIpc) is 2.43. The van der Waals surface area contributed by atoms with E-state index in [1.165, 1.54) is 25.7 Å². The van der Waals surface area contributed by atoms with Crippen molar-refractivity contribution in [2.75, 3.05) is 19.8 Å². The highest BCUT2D eigenvalue weighted by molar-refractivity contribution is 6.21. The second-order valence-electron chi connectivity index (χ2n) is 5.18. The van der Waals surface area contributed by atoms with Gasteiger partial charge in [0.25, 0.3) is 0 Å². The molecule has 1 fully saturated rings. The number of alkyl halides is 1.